The van der Waals surface area contributed by atoms with Crippen LogP contribution in [0.1, 0.15) is 32.8 Å². The molecule has 5 nitrogen and oxygen atoms in total. The second-order valence-electron chi connectivity index (χ2n) is 6.76. The zero-order chi connectivity index (χ0) is 16.2. The molecule has 1 aliphatic heterocycles. The van der Waals surface area contributed by atoms with Crippen LogP contribution in [-0.4, -0.2) is 42.9 Å². The van der Waals surface area contributed by atoms with Crippen molar-refractivity contribution in [2.45, 2.75) is 44.8 Å². The van der Waals surface area contributed by atoms with Crippen LogP contribution in [0.2, 0.25) is 0 Å². The Hall–Kier alpha value is -1.30. The minimum absolute atomic E-state index is 0. The highest BCUT2D eigenvalue weighted by Crippen LogP contribution is 2.24. The predicted octanol–water partition coefficient (Wildman–Crippen LogP) is 1.62. The number of nitrogens with one attached hydrogen (secondary N) is 2. The van der Waals surface area contributed by atoms with Crippen molar-refractivity contribution in [3.8, 4) is 5.75 Å². The second-order valence-corrected chi connectivity index (χ2v) is 6.76. The summed E-state index contributed by atoms with van der Waals surface area (Å²) in [6.45, 7) is 7.88. The van der Waals surface area contributed by atoms with Crippen molar-refractivity contribution in [3.05, 3.63) is 29.8 Å². The van der Waals surface area contributed by atoms with Crippen molar-refractivity contribution < 1.29 is 14.6 Å². The first-order chi connectivity index (χ1) is 10.4. The lowest BCUT2D eigenvalue weighted by molar-refractivity contribution is -0.123. The van der Waals surface area contributed by atoms with Crippen LogP contribution < -0.4 is 15.4 Å². The van der Waals surface area contributed by atoms with Gasteiger partial charge in [-0.3, -0.25) is 4.79 Å². The molecule has 2 rings (SSSR count). The zero-order valence-corrected chi connectivity index (χ0v) is 14.8. The smallest absolute Gasteiger partial charge is 0.237 e. The van der Waals surface area contributed by atoms with Crippen LogP contribution in [0.15, 0.2) is 24.3 Å². The standard InChI is InChI=1S/C17H26N2O3.ClH/c1-17(2,3)12-4-6-14(7-5-12)22-9-8-18-16(21)15-10-13(20)11-19-15;/h4-7,13,15,19-20H,8-11H2,1-3H3,(H,18,21);1H. The number of hydrogen-bond donors (Lipinski definition) is 3. The van der Waals surface area contributed by atoms with E-state index in [1.807, 2.05) is 12.1 Å². The number of aliphatic hydroxyl groups is 1. The van der Waals surface area contributed by atoms with Gasteiger partial charge in [0.2, 0.25) is 5.91 Å². The summed E-state index contributed by atoms with van der Waals surface area (Å²) < 4.78 is 5.62. The SMILES string of the molecule is CC(C)(C)c1ccc(OCCNC(=O)C2CC(O)CN2)cc1.Cl. The molecule has 0 radical (unpaired) electrons. The van der Waals surface area contributed by atoms with Crippen molar-refractivity contribution in [1.29, 1.82) is 0 Å². The van der Waals surface area contributed by atoms with E-state index >= 15 is 0 Å². The third-order valence-electron chi connectivity index (χ3n) is 3.81. The summed E-state index contributed by atoms with van der Waals surface area (Å²) in [6, 6.07) is 7.76. The summed E-state index contributed by atoms with van der Waals surface area (Å²) >= 11 is 0. The molecule has 1 aromatic carbocycles. The molecule has 1 fully saturated rings. The predicted molar refractivity (Wildman–Crippen MR) is 93.3 cm³/mol. The number of hydrogen-bond acceptors (Lipinski definition) is 4. The van der Waals surface area contributed by atoms with Gasteiger partial charge in [0.05, 0.1) is 18.7 Å². The highest BCUT2D eigenvalue weighted by atomic mass is 35.5. The van der Waals surface area contributed by atoms with E-state index in [0.29, 0.717) is 26.1 Å². The molecule has 3 N–H and O–H groups in total. The van der Waals surface area contributed by atoms with E-state index in [-0.39, 0.29) is 29.8 Å². The molecule has 0 bridgehead atoms. The molecule has 1 heterocycles. The molecule has 2 unspecified atom stereocenters. The van der Waals surface area contributed by atoms with Crippen LogP contribution >= 0.6 is 12.4 Å². The van der Waals surface area contributed by atoms with Crippen LogP contribution in [0.5, 0.6) is 5.75 Å². The molecule has 23 heavy (non-hydrogen) atoms. The fraction of sp³-hybridized carbons (Fsp3) is 0.588. The van der Waals surface area contributed by atoms with Crippen molar-refractivity contribution in [3.63, 3.8) is 0 Å². The molecule has 0 aromatic heterocycles. The van der Waals surface area contributed by atoms with Gasteiger partial charge in [-0.15, -0.1) is 12.4 Å². The maximum absolute atomic E-state index is 11.8. The Morgan fingerprint density at radius 3 is 2.52 bits per heavy atom. The van der Waals surface area contributed by atoms with Crippen molar-refractivity contribution in [2.24, 2.45) is 0 Å². The number of benzene rings is 1. The summed E-state index contributed by atoms with van der Waals surface area (Å²) in [5.74, 6) is 0.722. The van der Waals surface area contributed by atoms with Crippen molar-refractivity contribution in [1.82, 2.24) is 10.6 Å². The van der Waals surface area contributed by atoms with Gasteiger partial charge in [0, 0.05) is 6.54 Å². The number of carbonyl (C=O) groups is 1. The third kappa shape index (κ3) is 6.01. The number of amides is 1. The van der Waals surface area contributed by atoms with Gasteiger partial charge in [-0.1, -0.05) is 32.9 Å². The van der Waals surface area contributed by atoms with E-state index in [9.17, 15) is 9.90 Å². The van der Waals surface area contributed by atoms with Gasteiger partial charge in [-0.05, 0) is 29.5 Å². The lowest BCUT2D eigenvalue weighted by atomic mass is 9.87. The largest absolute Gasteiger partial charge is 0.492 e. The maximum atomic E-state index is 11.8. The topological polar surface area (TPSA) is 70.6 Å². The number of rotatable bonds is 5. The Bertz CT molecular complexity index is 500. The molecule has 1 aliphatic rings. The minimum atomic E-state index is -0.423. The second kappa shape index (κ2) is 8.52. The third-order valence-corrected chi connectivity index (χ3v) is 3.81. The van der Waals surface area contributed by atoms with Crippen molar-refractivity contribution >= 4 is 18.3 Å². The molecule has 6 heteroatoms. The van der Waals surface area contributed by atoms with Gasteiger partial charge in [-0.2, -0.15) is 0 Å². The van der Waals surface area contributed by atoms with Gasteiger partial charge >= 0.3 is 0 Å². The zero-order valence-electron chi connectivity index (χ0n) is 14.0. The highest BCUT2D eigenvalue weighted by molar-refractivity contribution is 5.85. The van der Waals surface area contributed by atoms with Gasteiger partial charge in [0.25, 0.3) is 0 Å². The quantitative estimate of drug-likeness (QED) is 0.711. The van der Waals surface area contributed by atoms with Crippen LogP contribution in [0.3, 0.4) is 0 Å². The first-order valence-corrected chi connectivity index (χ1v) is 7.79. The summed E-state index contributed by atoms with van der Waals surface area (Å²) in [5.41, 5.74) is 1.39. The molecule has 1 aromatic rings. The minimum Gasteiger partial charge on any atom is -0.492 e. The van der Waals surface area contributed by atoms with Gasteiger partial charge in [-0.25, -0.2) is 0 Å². The molecule has 130 valence electrons. The molecule has 0 aliphatic carbocycles. The van der Waals surface area contributed by atoms with E-state index in [1.165, 1.54) is 5.56 Å². The Morgan fingerprint density at radius 2 is 2.00 bits per heavy atom. The van der Waals surface area contributed by atoms with E-state index in [1.54, 1.807) is 0 Å². The lowest BCUT2D eigenvalue weighted by Gasteiger charge is -2.19. The Morgan fingerprint density at radius 1 is 1.35 bits per heavy atom. The van der Waals surface area contributed by atoms with Gasteiger partial charge in [0.1, 0.15) is 12.4 Å². The molecule has 2 atom stereocenters. The normalized spacial score (nSPS) is 20.7. The summed E-state index contributed by atoms with van der Waals surface area (Å²) in [5, 5.41) is 15.2. The van der Waals surface area contributed by atoms with Crippen LogP contribution in [0.25, 0.3) is 0 Å². The Labute approximate surface area is 144 Å². The first-order valence-electron chi connectivity index (χ1n) is 7.79. The monoisotopic (exact) mass is 342 g/mol. The maximum Gasteiger partial charge on any atom is 0.237 e. The average Bonchev–Trinajstić information content (AvgIpc) is 2.89. The number of carbonyl (C=O) groups excluding carboxylic acids is 1. The molecular weight excluding hydrogens is 316 g/mol. The Balaban J connectivity index is 0.00000264. The number of halogens is 1. The fourth-order valence-electron chi connectivity index (χ4n) is 2.43. The summed E-state index contributed by atoms with van der Waals surface area (Å²) in [6.07, 6.45) is 0.0503. The number of aliphatic hydroxyl groups excluding tert-OH is 1. The van der Waals surface area contributed by atoms with Gasteiger partial charge < -0.3 is 20.5 Å². The number of ether oxygens (including phenoxy) is 1. The fourth-order valence-corrected chi connectivity index (χ4v) is 2.43. The summed E-state index contributed by atoms with van der Waals surface area (Å²) in [7, 11) is 0. The van der Waals surface area contributed by atoms with E-state index in [0.717, 1.165) is 5.75 Å². The number of β-amino-alcohol motifs (C(OH)–C–C–N with tert-alkyl or cyclic N) is 1. The molecular formula is C17H27ClN2O3. The lowest BCUT2D eigenvalue weighted by Crippen LogP contribution is -2.41. The van der Waals surface area contributed by atoms with E-state index in [4.69, 9.17) is 4.74 Å². The molecule has 0 saturated carbocycles. The molecule has 1 amide bonds. The molecule has 0 spiro atoms. The molecule has 1 saturated heterocycles. The van der Waals surface area contributed by atoms with Crippen LogP contribution in [0, 0.1) is 0 Å². The average molecular weight is 343 g/mol. The highest BCUT2D eigenvalue weighted by Gasteiger charge is 2.27. The Kier molecular flexibility index (Phi) is 7.32. The van der Waals surface area contributed by atoms with E-state index in [2.05, 4.69) is 43.5 Å². The van der Waals surface area contributed by atoms with Crippen molar-refractivity contribution in [2.75, 3.05) is 19.7 Å². The van der Waals surface area contributed by atoms with Gasteiger partial charge in [0.15, 0.2) is 0 Å². The van der Waals surface area contributed by atoms with Crippen LogP contribution in [-0.2, 0) is 10.2 Å². The van der Waals surface area contributed by atoms with E-state index < -0.39 is 6.10 Å². The van der Waals surface area contributed by atoms with Crippen LogP contribution in [0.4, 0.5) is 0 Å². The summed E-state index contributed by atoms with van der Waals surface area (Å²) in [4.78, 5) is 11.8. The first kappa shape index (κ1) is 19.7.